The average molecular weight is 1070 g/mol. The molecule has 4 aromatic rings. The van der Waals surface area contributed by atoms with Crippen molar-refractivity contribution >= 4 is 99.7 Å². The predicted octanol–water partition coefficient (Wildman–Crippen LogP) is -2.11. The third-order valence-electron chi connectivity index (χ3n) is 8.89. The Balaban J connectivity index is 1.73. The zero-order valence-electron chi connectivity index (χ0n) is 36.9. The zero-order valence-corrected chi connectivity index (χ0v) is 40.2. The van der Waals surface area contributed by atoms with E-state index in [1.54, 1.807) is 0 Å². The number of aliphatic hydroxyl groups is 6. The summed E-state index contributed by atoms with van der Waals surface area (Å²) < 4.78 is 135. The van der Waals surface area contributed by atoms with Gasteiger partial charge >= 0.3 is 0 Å². The molecule has 0 saturated carbocycles. The van der Waals surface area contributed by atoms with Gasteiger partial charge in [-0.3, -0.25) is 18.2 Å². The van der Waals surface area contributed by atoms with E-state index in [9.17, 15) is 82.5 Å². The van der Waals surface area contributed by atoms with Crippen molar-refractivity contribution in [2.75, 3.05) is 95.1 Å². The molecule has 0 aliphatic heterocycles. The van der Waals surface area contributed by atoms with Crippen molar-refractivity contribution < 1.29 is 82.5 Å². The Labute approximate surface area is 401 Å². The summed E-state index contributed by atoms with van der Waals surface area (Å²) in [5.74, 6) is -3.25. The first-order valence-electron chi connectivity index (χ1n) is 20.3. The molecule has 4 atom stereocenters. The molecule has 0 amide bonds. The first-order valence-corrected chi connectivity index (χ1v) is 26.4. The highest BCUT2D eigenvalue weighted by Gasteiger charge is 2.23. The minimum absolute atomic E-state index is 0.0887. The zero-order chi connectivity index (χ0) is 52.2. The molecular formula is C36H52N12O18S4. The van der Waals surface area contributed by atoms with Gasteiger partial charge in [0.25, 0.3) is 40.5 Å². The molecule has 0 aliphatic carbocycles. The summed E-state index contributed by atoms with van der Waals surface area (Å²) in [7, 11) is -19.0. The van der Waals surface area contributed by atoms with Gasteiger partial charge in [0, 0.05) is 50.6 Å². The normalized spacial score (nSPS) is 14.2. The molecule has 70 heavy (non-hydrogen) atoms. The van der Waals surface area contributed by atoms with Crippen molar-refractivity contribution in [3.05, 3.63) is 47.5 Å². The second-order valence-electron chi connectivity index (χ2n) is 15.2. The van der Waals surface area contributed by atoms with Gasteiger partial charge in [0.05, 0.1) is 49.1 Å². The first kappa shape index (κ1) is 57.0. The predicted molar refractivity (Wildman–Crippen MR) is 251 cm³/mol. The molecule has 0 bridgehead atoms. The summed E-state index contributed by atoms with van der Waals surface area (Å²) in [6, 6.07) is 6.79. The van der Waals surface area contributed by atoms with Gasteiger partial charge in [0.2, 0.25) is 35.7 Å². The van der Waals surface area contributed by atoms with Crippen LogP contribution < -0.4 is 31.1 Å². The molecule has 4 rings (SSSR count). The van der Waals surface area contributed by atoms with E-state index in [-0.39, 0.29) is 84.4 Å². The Morgan fingerprint density at radius 3 is 1.17 bits per heavy atom. The largest absolute Gasteiger partial charge is 0.394 e. The van der Waals surface area contributed by atoms with E-state index in [1.165, 1.54) is 47.9 Å². The maximum absolute atomic E-state index is 12.7. The summed E-state index contributed by atoms with van der Waals surface area (Å²) in [6.45, 7) is -0.377. The standard InChI is InChI=1S/C36H52N12O18S4/c1-21(51)15-47(17-27(53)19-49)35-43-31(37-9-11-67(55,56)57)41-33(45-35)39-25-7-5-23(29(13-25)69(61,62)63)3-4-24-6-8-26(14-30(24)70(64,65)66)40-34-42-32(38-10-12-68(58,59)60)44-36(46-34)48(16-22(2)52)18-28(54)20-50/h3-8,13-14,21-22,27-28,49-54H,9-12,15-20H2,1-2H3,(H,55,56,57)(H,58,59,60)(H,61,62,63)(H,64,65,66)(H2,37,39,41,43,45)(H2,38,40,42,44,46). The summed E-state index contributed by atoms with van der Waals surface area (Å²) in [4.78, 5) is 26.1. The molecule has 30 nitrogen and oxygen atoms in total. The fraction of sp³-hybridized carbons (Fsp3) is 0.444. The Hall–Kier alpha value is -5.60. The van der Waals surface area contributed by atoms with Gasteiger partial charge in [-0.1, -0.05) is 24.3 Å². The Morgan fingerprint density at radius 2 is 0.871 bits per heavy atom. The molecule has 2 aromatic heterocycles. The van der Waals surface area contributed by atoms with E-state index in [4.69, 9.17) is 0 Å². The van der Waals surface area contributed by atoms with E-state index in [0.29, 0.717) is 0 Å². The number of aromatic nitrogens is 6. The minimum atomic E-state index is -5.07. The lowest BCUT2D eigenvalue weighted by molar-refractivity contribution is 0.0967. The van der Waals surface area contributed by atoms with Crippen LogP contribution in [0.5, 0.6) is 0 Å². The number of nitrogens with one attached hydrogen (secondary N) is 4. The molecule has 0 saturated heterocycles. The van der Waals surface area contributed by atoms with E-state index in [2.05, 4.69) is 51.2 Å². The summed E-state index contributed by atoms with van der Waals surface area (Å²) in [5, 5.41) is 69.9. The molecule has 0 aliphatic rings. The van der Waals surface area contributed by atoms with Crippen LogP contribution in [0.15, 0.2) is 46.2 Å². The van der Waals surface area contributed by atoms with Crippen LogP contribution in [0, 0.1) is 0 Å². The lowest BCUT2D eigenvalue weighted by Gasteiger charge is -2.26. The molecular weight excluding hydrogens is 1020 g/mol. The van der Waals surface area contributed by atoms with Gasteiger partial charge in [0.15, 0.2) is 0 Å². The smallest absolute Gasteiger partial charge is 0.295 e. The van der Waals surface area contributed by atoms with E-state index >= 15 is 0 Å². The van der Waals surface area contributed by atoms with Crippen molar-refractivity contribution in [1.82, 2.24) is 29.9 Å². The van der Waals surface area contributed by atoms with E-state index in [1.807, 2.05) is 0 Å². The topological polar surface area (TPSA) is 471 Å². The highest BCUT2D eigenvalue weighted by Crippen LogP contribution is 2.29. The second kappa shape index (κ2) is 24.5. The second-order valence-corrected chi connectivity index (χ2v) is 21.1. The fourth-order valence-electron chi connectivity index (χ4n) is 5.99. The molecule has 0 spiro atoms. The maximum Gasteiger partial charge on any atom is 0.295 e. The van der Waals surface area contributed by atoms with Crippen LogP contribution in [0.1, 0.15) is 25.0 Å². The van der Waals surface area contributed by atoms with E-state index in [0.717, 1.165) is 24.3 Å². The van der Waals surface area contributed by atoms with Gasteiger partial charge in [-0.25, -0.2) is 0 Å². The Morgan fingerprint density at radius 1 is 0.529 bits per heavy atom. The molecule has 14 N–H and O–H groups in total. The third kappa shape index (κ3) is 19.0. The highest BCUT2D eigenvalue weighted by atomic mass is 32.2. The molecule has 0 fully saturated rings. The van der Waals surface area contributed by atoms with Crippen LogP contribution in [0.3, 0.4) is 0 Å². The van der Waals surface area contributed by atoms with Crippen molar-refractivity contribution in [3.63, 3.8) is 0 Å². The molecule has 2 aromatic carbocycles. The molecule has 388 valence electrons. The SMILES string of the molecule is CC(O)CN(CC(O)CO)c1nc(NCCS(=O)(=O)O)nc(Nc2ccc(C=Cc3ccc(Nc4nc(NCCS(=O)(=O)O)nc(N(CC(C)O)CC(O)CO)n4)cc3S(=O)(=O)O)c(S(=O)(=O)O)c2)n1. The van der Waals surface area contributed by atoms with Gasteiger partial charge in [0.1, 0.15) is 9.79 Å². The monoisotopic (exact) mass is 1070 g/mol. The number of nitrogens with zero attached hydrogens (tertiary/aromatic N) is 8. The lowest BCUT2D eigenvalue weighted by atomic mass is 10.1. The summed E-state index contributed by atoms with van der Waals surface area (Å²) >= 11 is 0. The number of hydrogen-bond donors (Lipinski definition) is 14. The maximum atomic E-state index is 12.7. The van der Waals surface area contributed by atoms with Crippen LogP contribution in [-0.4, -0.2) is 201 Å². The van der Waals surface area contributed by atoms with Crippen molar-refractivity contribution in [2.45, 2.75) is 48.1 Å². The fourth-order valence-corrected chi connectivity index (χ4v) is 8.13. The number of hydrogen-bond acceptors (Lipinski definition) is 26. The third-order valence-corrected chi connectivity index (χ3v) is 12.1. The lowest BCUT2D eigenvalue weighted by Crippen LogP contribution is -2.40. The van der Waals surface area contributed by atoms with Crippen LogP contribution in [0.25, 0.3) is 12.2 Å². The Kier molecular flexibility index (Phi) is 19.9. The molecule has 2 heterocycles. The van der Waals surface area contributed by atoms with Crippen molar-refractivity contribution in [1.29, 1.82) is 0 Å². The van der Waals surface area contributed by atoms with Gasteiger partial charge in [-0.2, -0.15) is 63.6 Å². The summed E-state index contributed by atoms with van der Waals surface area (Å²) in [5.41, 5.74) is -0.619. The number of anilines is 8. The van der Waals surface area contributed by atoms with Crippen LogP contribution in [-0.2, 0) is 40.5 Å². The van der Waals surface area contributed by atoms with Crippen molar-refractivity contribution in [2.24, 2.45) is 0 Å². The Bertz CT molecular complexity index is 2720. The quantitative estimate of drug-likeness (QED) is 0.0214. The highest BCUT2D eigenvalue weighted by molar-refractivity contribution is 7.86. The number of aliphatic hydroxyl groups excluding tert-OH is 6. The van der Waals surface area contributed by atoms with Crippen LogP contribution in [0.2, 0.25) is 0 Å². The number of benzene rings is 2. The van der Waals surface area contributed by atoms with Crippen LogP contribution in [0.4, 0.5) is 47.1 Å². The minimum Gasteiger partial charge on any atom is -0.394 e. The van der Waals surface area contributed by atoms with Gasteiger partial charge in [-0.05, 0) is 49.2 Å². The van der Waals surface area contributed by atoms with Gasteiger partial charge < -0.3 is 61.7 Å². The molecule has 0 radical (unpaired) electrons. The van der Waals surface area contributed by atoms with Gasteiger partial charge in [-0.15, -0.1) is 0 Å². The van der Waals surface area contributed by atoms with Crippen LogP contribution >= 0.6 is 0 Å². The number of rotatable bonds is 28. The first-order chi connectivity index (χ1) is 32.5. The average Bonchev–Trinajstić information content (AvgIpc) is 3.23. The summed E-state index contributed by atoms with van der Waals surface area (Å²) in [6.07, 6.45) is -2.57. The van der Waals surface area contributed by atoms with Crippen molar-refractivity contribution in [3.8, 4) is 0 Å². The molecule has 4 unspecified atom stereocenters. The van der Waals surface area contributed by atoms with E-state index < -0.39 is 112 Å². The molecule has 34 heteroatoms.